The molecule has 0 saturated heterocycles. The van der Waals surface area contributed by atoms with Gasteiger partial charge in [-0.2, -0.15) is 0 Å². The number of primary amides is 1. The standard InChI is InChI=1S/C26H29N3O7/c1-24(2)15-11(29(5)6)7-10-21(36-23(35)28-10)14(15)19(32)17-20(33)16-18(31)13(22(27)34)12(30)8-25(16,3)9-26(17,24)4/h7,16,31-32H,8-9H2,1-6H3,(H2,27,34)(H,28,35)/t16?,25-,26+/m1/s1. The molecule has 0 spiro atoms. The minimum Gasteiger partial charge on any atom is -0.511 e. The molecule has 3 aliphatic carbocycles. The first-order valence-electron chi connectivity index (χ1n) is 11.7. The van der Waals surface area contributed by atoms with E-state index >= 15 is 0 Å². The third-order valence-electron chi connectivity index (χ3n) is 8.78. The molecule has 1 amide bonds. The molecule has 5 rings (SSSR count). The van der Waals surface area contributed by atoms with Crippen LogP contribution >= 0.6 is 0 Å². The second-order valence-electron chi connectivity index (χ2n) is 11.5. The Morgan fingerprint density at radius 3 is 2.39 bits per heavy atom. The summed E-state index contributed by atoms with van der Waals surface area (Å²) < 4.78 is 5.42. The molecule has 190 valence electrons. The number of hydrogen-bond donors (Lipinski definition) is 4. The van der Waals surface area contributed by atoms with Gasteiger partial charge in [-0.25, -0.2) is 4.79 Å². The van der Waals surface area contributed by atoms with E-state index in [4.69, 9.17) is 10.2 Å². The summed E-state index contributed by atoms with van der Waals surface area (Å²) in [6, 6.07) is 1.77. The molecule has 1 saturated carbocycles. The van der Waals surface area contributed by atoms with E-state index in [1.165, 1.54) is 0 Å². The molecule has 36 heavy (non-hydrogen) atoms. The van der Waals surface area contributed by atoms with Gasteiger partial charge in [0, 0.05) is 42.6 Å². The number of nitrogens with one attached hydrogen (secondary N) is 1. The number of oxazole rings is 1. The number of benzene rings is 1. The van der Waals surface area contributed by atoms with Crippen LogP contribution in [0.2, 0.25) is 0 Å². The number of aromatic amines is 1. The normalized spacial score (nSPS) is 29.2. The summed E-state index contributed by atoms with van der Waals surface area (Å²) >= 11 is 0. The second kappa shape index (κ2) is 6.89. The summed E-state index contributed by atoms with van der Waals surface area (Å²) in [4.78, 5) is 55.6. The van der Waals surface area contributed by atoms with Crippen LogP contribution in [0.1, 0.15) is 51.7 Å². The Labute approximate surface area is 206 Å². The van der Waals surface area contributed by atoms with Gasteiger partial charge in [-0.05, 0) is 23.5 Å². The molecule has 1 heterocycles. The molecule has 1 aromatic heterocycles. The molecule has 1 aromatic carbocycles. The Hall–Kier alpha value is -3.82. The number of nitrogens with two attached hydrogens (primary N) is 1. The lowest BCUT2D eigenvalue weighted by atomic mass is 9.43. The van der Waals surface area contributed by atoms with Crippen molar-refractivity contribution < 1.29 is 29.0 Å². The Kier molecular flexibility index (Phi) is 4.58. The van der Waals surface area contributed by atoms with Gasteiger partial charge in [0.15, 0.2) is 17.1 Å². The first-order valence-corrected chi connectivity index (χ1v) is 11.7. The van der Waals surface area contributed by atoms with Gasteiger partial charge in [0.2, 0.25) is 0 Å². The Morgan fingerprint density at radius 2 is 1.81 bits per heavy atom. The zero-order valence-electron chi connectivity index (χ0n) is 21.0. The SMILES string of the molecule is CN(C)c1cc2[nH]c(=O)oc2c2c1C(C)(C)[C@@]1(C)C[C@@]3(C)CC(=O)C(C(N)=O)=C(O)C3C(=O)C1=C2O. The van der Waals surface area contributed by atoms with Crippen molar-refractivity contribution in [2.24, 2.45) is 22.5 Å². The summed E-state index contributed by atoms with van der Waals surface area (Å²) in [6.07, 6.45) is 0.108. The van der Waals surface area contributed by atoms with Gasteiger partial charge in [-0.15, -0.1) is 0 Å². The number of carbonyl (C=O) groups excluding carboxylic acids is 3. The molecule has 3 aliphatic rings. The molecule has 0 bridgehead atoms. The van der Waals surface area contributed by atoms with Crippen molar-refractivity contribution in [1.82, 2.24) is 4.98 Å². The first kappa shape index (κ1) is 23.9. The quantitative estimate of drug-likeness (QED) is 0.461. The zero-order valence-corrected chi connectivity index (χ0v) is 21.0. The number of fused-ring (bicyclic) bond motifs is 5. The highest BCUT2D eigenvalue weighted by Crippen LogP contribution is 2.67. The van der Waals surface area contributed by atoms with Crippen molar-refractivity contribution in [3.63, 3.8) is 0 Å². The van der Waals surface area contributed by atoms with Crippen molar-refractivity contribution in [2.75, 3.05) is 19.0 Å². The smallest absolute Gasteiger partial charge is 0.417 e. The van der Waals surface area contributed by atoms with Crippen LogP contribution in [0.25, 0.3) is 16.9 Å². The molecule has 1 fully saturated rings. The van der Waals surface area contributed by atoms with Crippen LogP contribution in [0, 0.1) is 16.7 Å². The number of ketones is 2. The number of aliphatic hydroxyl groups is 2. The first-order chi connectivity index (χ1) is 16.6. The van der Waals surface area contributed by atoms with E-state index in [0.717, 1.165) is 5.69 Å². The van der Waals surface area contributed by atoms with Crippen LogP contribution < -0.4 is 16.4 Å². The topological polar surface area (TPSA) is 167 Å². The number of hydrogen-bond acceptors (Lipinski definition) is 8. The van der Waals surface area contributed by atoms with Crippen molar-refractivity contribution in [3.05, 3.63) is 44.6 Å². The number of H-pyrrole nitrogens is 1. The number of Topliss-reactive ketones (excluding diaryl/α,β-unsaturated/α-hetero) is 2. The monoisotopic (exact) mass is 495 g/mol. The predicted octanol–water partition coefficient (Wildman–Crippen LogP) is 2.62. The van der Waals surface area contributed by atoms with Crippen LogP contribution in [0.5, 0.6) is 0 Å². The van der Waals surface area contributed by atoms with Crippen LogP contribution in [0.3, 0.4) is 0 Å². The molecular formula is C26H29N3O7. The van der Waals surface area contributed by atoms with Crippen molar-refractivity contribution in [3.8, 4) is 0 Å². The number of nitrogens with zero attached hydrogens (tertiary/aromatic N) is 1. The van der Waals surface area contributed by atoms with Crippen molar-refractivity contribution >= 4 is 40.0 Å². The Bertz CT molecular complexity index is 1540. The fraction of sp³-hybridized carbons (Fsp3) is 0.462. The maximum absolute atomic E-state index is 14.2. The van der Waals surface area contributed by atoms with E-state index in [1.54, 1.807) is 13.0 Å². The van der Waals surface area contributed by atoms with E-state index in [0.29, 0.717) is 11.1 Å². The summed E-state index contributed by atoms with van der Waals surface area (Å²) in [5, 5.41) is 22.7. The van der Waals surface area contributed by atoms with Gasteiger partial charge in [-0.1, -0.05) is 27.7 Å². The highest BCUT2D eigenvalue weighted by atomic mass is 16.4. The second-order valence-corrected chi connectivity index (χ2v) is 11.5. The molecule has 10 heteroatoms. The van der Waals surface area contributed by atoms with E-state index in [2.05, 4.69) is 4.98 Å². The zero-order chi connectivity index (χ0) is 26.7. The van der Waals surface area contributed by atoms with Crippen molar-refractivity contribution in [1.29, 1.82) is 0 Å². The molecule has 5 N–H and O–H groups in total. The minimum absolute atomic E-state index is 0.0632. The maximum Gasteiger partial charge on any atom is 0.417 e. The van der Waals surface area contributed by atoms with E-state index in [-0.39, 0.29) is 35.3 Å². The minimum atomic E-state index is -1.23. The van der Waals surface area contributed by atoms with Crippen LogP contribution in [0.4, 0.5) is 5.69 Å². The maximum atomic E-state index is 14.2. The molecular weight excluding hydrogens is 466 g/mol. The number of rotatable bonds is 2. The van der Waals surface area contributed by atoms with Crippen LogP contribution in [-0.4, -0.2) is 46.8 Å². The molecule has 10 nitrogen and oxygen atoms in total. The predicted molar refractivity (Wildman–Crippen MR) is 132 cm³/mol. The molecule has 1 unspecified atom stereocenters. The lowest BCUT2D eigenvalue weighted by Gasteiger charge is -2.59. The van der Waals surface area contributed by atoms with E-state index in [1.807, 2.05) is 39.8 Å². The highest BCUT2D eigenvalue weighted by Gasteiger charge is 2.65. The van der Waals surface area contributed by atoms with E-state index < -0.39 is 56.7 Å². The Morgan fingerprint density at radius 1 is 1.17 bits per heavy atom. The van der Waals surface area contributed by atoms with Gasteiger partial charge >= 0.3 is 5.76 Å². The summed E-state index contributed by atoms with van der Waals surface area (Å²) in [7, 11) is 3.68. The Balaban J connectivity index is 1.91. The molecule has 0 radical (unpaired) electrons. The summed E-state index contributed by atoms with van der Waals surface area (Å²) in [6.45, 7) is 7.52. The third-order valence-corrected chi connectivity index (χ3v) is 8.78. The highest BCUT2D eigenvalue weighted by molar-refractivity contribution is 6.22. The number of aliphatic hydroxyl groups excluding tert-OH is 2. The molecule has 2 aromatic rings. The fourth-order valence-electron chi connectivity index (χ4n) is 6.96. The van der Waals surface area contributed by atoms with Crippen LogP contribution in [0.15, 0.2) is 32.2 Å². The summed E-state index contributed by atoms with van der Waals surface area (Å²) in [5.74, 6) is -5.23. The number of amides is 1. The average molecular weight is 496 g/mol. The average Bonchev–Trinajstić information content (AvgIpc) is 3.09. The van der Waals surface area contributed by atoms with Gasteiger partial charge in [0.1, 0.15) is 17.1 Å². The van der Waals surface area contributed by atoms with Gasteiger partial charge in [0.05, 0.1) is 17.0 Å². The largest absolute Gasteiger partial charge is 0.511 e. The number of carbonyl (C=O) groups is 3. The van der Waals surface area contributed by atoms with Gasteiger partial charge in [-0.3, -0.25) is 19.4 Å². The molecule has 3 atom stereocenters. The number of anilines is 1. The number of allylic oxidation sites excluding steroid dienone is 2. The lowest BCUT2D eigenvalue weighted by molar-refractivity contribution is -0.136. The van der Waals surface area contributed by atoms with Gasteiger partial charge < -0.3 is 25.3 Å². The van der Waals surface area contributed by atoms with Gasteiger partial charge in [0.25, 0.3) is 5.91 Å². The van der Waals surface area contributed by atoms with Crippen molar-refractivity contribution in [2.45, 2.75) is 46.0 Å². The lowest BCUT2D eigenvalue weighted by Crippen LogP contribution is -2.58. The number of aromatic nitrogens is 1. The summed E-state index contributed by atoms with van der Waals surface area (Å²) in [5.41, 5.74) is 4.19. The van der Waals surface area contributed by atoms with Crippen LogP contribution in [-0.2, 0) is 19.8 Å². The van der Waals surface area contributed by atoms with E-state index in [9.17, 15) is 29.4 Å². The fourth-order valence-corrected chi connectivity index (χ4v) is 6.96. The molecule has 0 aliphatic heterocycles. The third kappa shape index (κ3) is 2.67.